The molecule has 0 unspecified atom stereocenters. The number of carbonyl (C=O) groups is 2. The Balaban J connectivity index is 1.28. The second-order valence-electron chi connectivity index (χ2n) is 8.55. The molecule has 0 spiro atoms. The molecule has 0 radical (unpaired) electrons. The van der Waals surface area contributed by atoms with Crippen molar-refractivity contribution in [1.29, 1.82) is 0 Å². The number of benzene rings is 1. The van der Waals surface area contributed by atoms with E-state index in [0.717, 1.165) is 41.8 Å². The molecule has 2 amide bonds. The summed E-state index contributed by atoms with van der Waals surface area (Å²) in [5.74, 6) is 0.612. The number of rotatable bonds is 5. The van der Waals surface area contributed by atoms with E-state index in [0.29, 0.717) is 18.3 Å². The SMILES string of the molecule is O=C(NC1CCCCCC1)[C@H]1CC(=O)N(c2cccc(-c3noc(-c4cccs4)n3)c2)C1. The Hall–Kier alpha value is -3.00. The molecular weight excluding hydrogens is 424 g/mol. The van der Waals surface area contributed by atoms with Crippen LogP contribution in [0.4, 0.5) is 5.69 Å². The number of hydrogen-bond acceptors (Lipinski definition) is 6. The third-order valence-corrected chi connectivity index (χ3v) is 7.13. The molecule has 2 fully saturated rings. The van der Waals surface area contributed by atoms with Crippen LogP contribution < -0.4 is 10.2 Å². The highest BCUT2D eigenvalue weighted by Crippen LogP contribution is 2.30. The van der Waals surface area contributed by atoms with Crippen molar-refractivity contribution in [3.05, 3.63) is 41.8 Å². The van der Waals surface area contributed by atoms with Gasteiger partial charge in [0.05, 0.1) is 10.8 Å². The van der Waals surface area contributed by atoms with Crippen LogP contribution in [0.25, 0.3) is 22.2 Å². The van der Waals surface area contributed by atoms with Crippen molar-refractivity contribution in [2.45, 2.75) is 51.0 Å². The van der Waals surface area contributed by atoms with Gasteiger partial charge in [0, 0.05) is 30.3 Å². The first-order valence-electron chi connectivity index (χ1n) is 11.3. The van der Waals surface area contributed by atoms with E-state index >= 15 is 0 Å². The van der Waals surface area contributed by atoms with Gasteiger partial charge in [-0.15, -0.1) is 11.3 Å². The summed E-state index contributed by atoms with van der Waals surface area (Å²) in [5, 5.41) is 9.25. The van der Waals surface area contributed by atoms with Crippen molar-refractivity contribution in [3.8, 4) is 22.2 Å². The first-order valence-corrected chi connectivity index (χ1v) is 12.1. The van der Waals surface area contributed by atoms with Crippen molar-refractivity contribution in [2.24, 2.45) is 5.92 Å². The molecule has 1 aliphatic carbocycles. The zero-order valence-electron chi connectivity index (χ0n) is 17.8. The van der Waals surface area contributed by atoms with Gasteiger partial charge in [-0.1, -0.05) is 49.0 Å². The van der Waals surface area contributed by atoms with Gasteiger partial charge in [-0.3, -0.25) is 9.59 Å². The summed E-state index contributed by atoms with van der Waals surface area (Å²) in [6.45, 7) is 0.396. The molecule has 8 heteroatoms. The second-order valence-corrected chi connectivity index (χ2v) is 9.50. The van der Waals surface area contributed by atoms with Gasteiger partial charge < -0.3 is 14.7 Å². The van der Waals surface area contributed by atoms with Gasteiger partial charge in [-0.25, -0.2) is 0 Å². The number of thiophene rings is 1. The molecule has 1 saturated carbocycles. The molecule has 1 saturated heterocycles. The van der Waals surface area contributed by atoms with Crippen molar-refractivity contribution in [2.75, 3.05) is 11.4 Å². The van der Waals surface area contributed by atoms with Crippen LogP contribution >= 0.6 is 11.3 Å². The van der Waals surface area contributed by atoms with Gasteiger partial charge in [0.1, 0.15) is 0 Å². The molecule has 1 N–H and O–H groups in total. The fourth-order valence-corrected chi connectivity index (χ4v) is 5.17. The molecule has 3 heterocycles. The highest BCUT2D eigenvalue weighted by atomic mass is 32.1. The summed E-state index contributed by atoms with van der Waals surface area (Å²) in [6.07, 6.45) is 7.14. The Morgan fingerprint density at radius 2 is 1.97 bits per heavy atom. The summed E-state index contributed by atoms with van der Waals surface area (Å²) < 4.78 is 5.40. The predicted octanol–water partition coefficient (Wildman–Crippen LogP) is 4.66. The predicted molar refractivity (Wildman–Crippen MR) is 123 cm³/mol. The number of amides is 2. The quantitative estimate of drug-likeness (QED) is 0.571. The maximum Gasteiger partial charge on any atom is 0.268 e. The minimum absolute atomic E-state index is 0.00246. The summed E-state index contributed by atoms with van der Waals surface area (Å²) >= 11 is 1.54. The Labute approximate surface area is 190 Å². The lowest BCUT2D eigenvalue weighted by molar-refractivity contribution is -0.127. The number of anilines is 1. The van der Waals surface area contributed by atoms with Crippen LogP contribution in [0.15, 0.2) is 46.3 Å². The lowest BCUT2D eigenvalue weighted by Gasteiger charge is -2.20. The van der Waals surface area contributed by atoms with Gasteiger partial charge in [0.25, 0.3) is 5.89 Å². The molecule has 1 atom stereocenters. The molecule has 166 valence electrons. The second kappa shape index (κ2) is 9.24. The molecule has 2 aromatic heterocycles. The monoisotopic (exact) mass is 450 g/mol. The highest BCUT2D eigenvalue weighted by Gasteiger charge is 2.36. The molecule has 2 aliphatic rings. The number of hydrogen-bond donors (Lipinski definition) is 1. The van der Waals surface area contributed by atoms with E-state index in [9.17, 15) is 9.59 Å². The number of nitrogens with zero attached hydrogens (tertiary/aromatic N) is 3. The molecule has 1 aromatic carbocycles. The summed E-state index contributed by atoms with van der Waals surface area (Å²) in [7, 11) is 0. The Kier molecular flexibility index (Phi) is 6.03. The van der Waals surface area contributed by atoms with Crippen LogP contribution in [0.3, 0.4) is 0 Å². The lowest BCUT2D eigenvalue weighted by Crippen LogP contribution is -2.39. The van der Waals surface area contributed by atoms with Gasteiger partial charge in [-0.2, -0.15) is 4.98 Å². The maximum absolute atomic E-state index is 12.8. The first kappa shape index (κ1) is 20.9. The van der Waals surface area contributed by atoms with Crippen molar-refractivity contribution >= 4 is 28.8 Å². The normalized spacial score (nSPS) is 19.8. The van der Waals surface area contributed by atoms with Crippen molar-refractivity contribution in [3.63, 3.8) is 0 Å². The van der Waals surface area contributed by atoms with Crippen molar-refractivity contribution < 1.29 is 14.1 Å². The minimum atomic E-state index is -0.315. The largest absolute Gasteiger partial charge is 0.353 e. The van der Waals surface area contributed by atoms with E-state index in [1.807, 2.05) is 41.8 Å². The number of nitrogens with one attached hydrogen (secondary N) is 1. The molecule has 0 bridgehead atoms. The maximum atomic E-state index is 12.8. The standard InChI is InChI=1S/C24H26N4O3S/c29-21-14-17(23(30)25-18-8-3-1-2-4-9-18)15-28(21)19-10-5-7-16(13-19)22-26-24(31-27-22)20-11-6-12-32-20/h5-7,10-13,17-18H,1-4,8-9,14-15H2,(H,25,30)/t17-/m0/s1. The highest BCUT2D eigenvalue weighted by molar-refractivity contribution is 7.13. The third kappa shape index (κ3) is 4.46. The molecule has 7 nitrogen and oxygen atoms in total. The average Bonchev–Trinajstić information content (AvgIpc) is 3.53. The van der Waals surface area contributed by atoms with Crippen LogP contribution in [0.5, 0.6) is 0 Å². The van der Waals surface area contributed by atoms with Crippen LogP contribution in [-0.4, -0.2) is 34.5 Å². The van der Waals surface area contributed by atoms with Crippen LogP contribution in [0, 0.1) is 5.92 Å². The van der Waals surface area contributed by atoms with Gasteiger partial charge >= 0.3 is 0 Å². The number of aromatic nitrogens is 2. The fraction of sp³-hybridized carbons (Fsp3) is 0.417. The molecule has 1 aliphatic heterocycles. The minimum Gasteiger partial charge on any atom is -0.353 e. The van der Waals surface area contributed by atoms with Gasteiger partial charge in [0.15, 0.2) is 0 Å². The summed E-state index contributed by atoms with van der Waals surface area (Å²) in [6, 6.07) is 11.6. The Morgan fingerprint density at radius 1 is 1.12 bits per heavy atom. The van der Waals surface area contributed by atoms with Crippen LogP contribution in [0.1, 0.15) is 44.9 Å². The lowest BCUT2D eigenvalue weighted by atomic mass is 10.0. The fourth-order valence-electron chi connectivity index (χ4n) is 4.53. The summed E-state index contributed by atoms with van der Waals surface area (Å²) in [4.78, 5) is 32.7. The Morgan fingerprint density at radius 3 is 2.75 bits per heavy atom. The first-order chi connectivity index (χ1) is 15.7. The molecule has 3 aromatic rings. The zero-order valence-corrected chi connectivity index (χ0v) is 18.6. The molecular formula is C24H26N4O3S. The topological polar surface area (TPSA) is 88.3 Å². The van der Waals surface area contributed by atoms with E-state index in [1.165, 1.54) is 24.2 Å². The average molecular weight is 451 g/mol. The van der Waals surface area contributed by atoms with E-state index in [1.54, 1.807) is 4.90 Å². The van der Waals surface area contributed by atoms with E-state index < -0.39 is 0 Å². The van der Waals surface area contributed by atoms with E-state index in [2.05, 4.69) is 15.5 Å². The van der Waals surface area contributed by atoms with Crippen molar-refractivity contribution in [1.82, 2.24) is 15.5 Å². The van der Waals surface area contributed by atoms with E-state index in [4.69, 9.17) is 4.52 Å². The van der Waals surface area contributed by atoms with Crippen LogP contribution in [-0.2, 0) is 9.59 Å². The Bertz CT molecular complexity index is 1090. The third-order valence-electron chi connectivity index (χ3n) is 6.27. The smallest absolute Gasteiger partial charge is 0.268 e. The molecule has 5 rings (SSSR count). The van der Waals surface area contributed by atoms with Gasteiger partial charge in [-0.05, 0) is 36.4 Å². The van der Waals surface area contributed by atoms with Gasteiger partial charge in [0.2, 0.25) is 17.6 Å². The zero-order chi connectivity index (χ0) is 21.9. The van der Waals surface area contributed by atoms with Crippen LogP contribution in [0.2, 0.25) is 0 Å². The summed E-state index contributed by atoms with van der Waals surface area (Å²) in [5.41, 5.74) is 1.52. The van der Waals surface area contributed by atoms with E-state index in [-0.39, 0.29) is 30.2 Å². The number of carbonyl (C=O) groups excluding carboxylic acids is 2. The molecule has 32 heavy (non-hydrogen) atoms.